The number of nitrogens with one attached hydrogen (secondary N) is 1. The number of nitro groups is 1. The summed E-state index contributed by atoms with van der Waals surface area (Å²) in [7, 11) is 0. The molecule has 1 aromatic heterocycles. The molecule has 1 N–H and O–H groups in total. The average molecular weight is 300 g/mol. The van der Waals surface area contributed by atoms with Crippen LogP contribution in [0.1, 0.15) is 0 Å². The van der Waals surface area contributed by atoms with Crippen LogP contribution in [0, 0.1) is 10.1 Å². The van der Waals surface area contributed by atoms with Gasteiger partial charge in [-0.15, -0.1) is 0 Å². The van der Waals surface area contributed by atoms with Crippen LogP contribution in [0.25, 0.3) is 10.8 Å². The van der Waals surface area contributed by atoms with Gasteiger partial charge >= 0.3 is 0 Å². The van der Waals surface area contributed by atoms with Crippen LogP contribution in [-0.2, 0) is 0 Å². The van der Waals surface area contributed by atoms with E-state index >= 15 is 0 Å². The molecular formula is C15H10ClN3O2. The molecule has 6 heteroatoms. The monoisotopic (exact) mass is 299 g/mol. The van der Waals surface area contributed by atoms with Crippen molar-refractivity contribution in [2.45, 2.75) is 0 Å². The molecule has 0 bridgehead atoms. The smallest absolute Gasteiger partial charge is 0.276 e. The van der Waals surface area contributed by atoms with Crippen molar-refractivity contribution in [2.24, 2.45) is 0 Å². The van der Waals surface area contributed by atoms with Crippen LogP contribution >= 0.6 is 11.6 Å². The van der Waals surface area contributed by atoms with Gasteiger partial charge in [-0.05, 0) is 22.9 Å². The molecule has 0 aliphatic heterocycles. The van der Waals surface area contributed by atoms with Crippen molar-refractivity contribution in [2.75, 3.05) is 5.32 Å². The summed E-state index contributed by atoms with van der Waals surface area (Å²) in [4.78, 5) is 14.4. The number of pyridine rings is 1. The predicted molar refractivity (Wildman–Crippen MR) is 83.1 cm³/mol. The predicted octanol–water partition coefficient (Wildman–Crippen LogP) is 4.54. The highest BCUT2D eigenvalue weighted by atomic mass is 35.5. The Bertz CT molecular complexity index is 836. The number of hydrogen-bond acceptors (Lipinski definition) is 4. The molecular weight excluding hydrogens is 290 g/mol. The Balaban J connectivity index is 1.96. The molecule has 0 saturated carbocycles. The van der Waals surface area contributed by atoms with Gasteiger partial charge in [0, 0.05) is 5.69 Å². The van der Waals surface area contributed by atoms with Crippen LogP contribution < -0.4 is 5.32 Å². The molecule has 0 fully saturated rings. The maximum atomic E-state index is 10.8. The SMILES string of the molecule is O=[N+]([O-])c1cc(Cl)nc(Nc2ccc3ccccc3c2)c1. The first-order chi connectivity index (χ1) is 10.1. The minimum Gasteiger partial charge on any atom is -0.340 e. The molecule has 3 aromatic rings. The second kappa shape index (κ2) is 5.38. The molecule has 0 aliphatic carbocycles. The molecule has 5 nitrogen and oxygen atoms in total. The fraction of sp³-hybridized carbons (Fsp3) is 0. The molecule has 0 aliphatic rings. The summed E-state index contributed by atoms with van der Waals surface area (Å²) in [6.07, 6.45) is 0. The quantitative estimate of drug-likeness (QED) is 0.438. The third kappa shape index (κ3) is 2.93. The summed E-state index contributed by atoms with van der Waals surface area (Å²) in [6.45, 7) is 0. The van der Waals surface area contributed by atoms with E-state index in [1.807, 2.05) is 42.5 Å². The number of nitrogens with zero attached hydrogens (tertiary/aromatic N) is 2. The Labute approximate surface area is 125 Å². The first-order valence-electron chi connectivity index (χ1n) is 6.20. The lowest BCUT2D eigenvalue weighted by Gasteiger charge is -2.07. The summed E-state index contributed by atoms with van der Waals surface area (Å²) in [6, 6.07) is 16.3. The topological polar surface area (TPSA) is 68.1 Å². The molecule has 0 saturated heterocycles. The fourth-order valence-electron chi connectivity index (χ4n) is 2.07. The van der Waals surface area contributed by atoms with Crippen molar-refractivity contribution in [3.8, 4) is 0 Å². The zero-order valence-corrected chi connectivity index (χ0v) is 11.5. The number of aromatic nitrogens is 1. The van der Waals surface area contributed by atoms with Gasteiger partial charge in [-0.25, -0.2) is 4.98 Å². The largest absolute Gasteiger partial charge is 0.340 e. The minimum atomic E-state index is -0.501. The summed E-state index contributed by atoms with van der Waals surface area (Å²) in [5.41, 5.74) is 0.691. The van der Waals surface area contributed by atoms with E-state index in [-0.39, 0.29) is 10.8 Å². The fourth-order valence-corrected chi connectivity index (χ4v) is 2.27. The third-order valence-corrected chi connectivity index (χ3v) is 3.21. The Morgan fingerprint density at radius 2 is 1.81 bits per heavy atom. The van der Waals surface area contributed by atoms with Crippen LogP contribution in [0.3, 0.4) is 0 Å². The van der Waals surface area contributed by atoms with Gasteiger partial charge in [-0.1, -0.05) is 41.9 Å². The van der Waals surface area contributed by atoms with Crippen LogP contribution in [-0.4, -0.2) is 9.91 Å². The van der Waals surface area contributed by atoms with Crippen molar-refractivity contribution in [1.29, 1.82) is 0 Å². The van der Waals surface area contributed by atoms with Crippen molar-refractivity contribution in [3.05, 3.63) is 69.9 Å². The van der Waals surface area contributed by atoms with Crippen molar-refractivity contribution in [3.63, 3.8) is 0 Å². The molecule has 0 radical (unpaired) electrons. The Morgan fingerprint density at radius 3 is 2.57 bits per heavy atom. The van der Waals surface area contributed by atoms with Gasteiger partial charge in [0.2, 0.25) is 0 Å². The molecule has 21 heavy (non-hydrogen) atoms. The van der Waals surface area contributed by atoms with Crippen LogP contribution in [0.2, 0.25) is 5.15 Å². The van der Waals surface area contributed by atoms with Crippen LogP contribution in [0.5, 0.6) is 0 Å². The summed E-state index contributed by atoms with van der Waals surface area (Å²) < 4.78 is 0. The molecule has 0 amide bonds. The standard InChI is InChI=1S/C15H10ClN3O2/c16-14-8-13(19(20)21)9-15(18-14)17-12-6-5-10-3-1-2-4-11(10)7-12/h1-9H,(H,17,18). The maximum Gasteiger partial charge on any atom is 0.276 e. The van der Waals surface area contributed by atoms with Crippen LogP contribution in [0.15, 0.2) is 54.6 Å². The van der Waals surface area contributed by atoms with Gasteiger partial charge in [0.05, 0.1) is 17.1 Å². The zero-order valence-electron chi connectivity index (χ0n) is 10.8. The first kappa shape index (κ1) is 13.3. The third-order valence-electron chi connectivity index (χ3n) is 3.01. The van der Waals surface area contributed by atoms with Gasteiger partial charge in [0.25, 0.3) is 5.69 Å². The summed E-state index contributed by atoms with van der Waals surface area (Å²) in [5, 5.41) is 16.1. The van der Waals surface area contributed by atoms with Gasteiger partial charge in [-0.2, -0.15) is 0 Å². The normalized spacial score (nSPS) is 10.5. The molecule has 0 spiro atoms. The van der Waals surface area contributed by atoms with Gasteiger partial charge in [0.1, 0.15) is 11.0 Å². The number of halogens is 1. The minimum absolute atomic E-state index is 0.0764. The van der Waals surface area contributed by atoms with Gasteiger partial charge in [0.15, 0.2) is 0 Å². The maximum absolute atomic E-state index is 10.8. The second-order valence-electron chi connectivity index (χ2n) is 4.48. The summed E-state index contributed by atoms with van der Waals surface area (Å²) >= 11 is 5.80. The molecule has 1 heterocycles. The second-order valence-corrected chi connectivity index (χ2v) is 4.86. The highest BCUT2D eigenvalue weighted by Gasteiger charge is 2.10. The molecule has 104 valence electrons. The molecule has 3 rings (SSSR count). The molecule has 2 aromatic carbocycles. The van der Waals surface area contributed by atoms with E-state index < -0.39 is 4.92 Å². The lowest BCUT2D eigenvalue weighted by molar-refractivity contribution is -0.384. The van der Waals surface area contributed by atoms with E-state index in [0.717, 1.165) is 16.5 Å². The van der Waals surface area contributed by atoms with Crippen LogP contribution in [0.4, 0.5) is 17.2 Å². The van der Waals surface area contributed by atoms with E-state index in [2.05, 4.69) is 10.3 Å². The van der Waals surface area contributed by atoms with Gasteiger partial charge in [-0.3, -0.25) is 10.1 Å². The van der Waals surface area contributed by atoms with Gasteiger partial charge < -0.3 is 5.32 Å². The highest BCUT2D eigenvalue weighted by Crippen LogP contribution is 2.25. The molecule has 0 atom stereocenters. The number of fused-ring (bicyclic) bond motifs is 1. The Morgan fingerprint density at radius 1 is 1.05 bits per heavy atom. The lowest BCUT2D eigenvalue weighted by atomic mass is 10.1. The van der Waals surface area contributed by atoms with E-state index in [4.69, 9.17) is 11.6 Å². The zero-order chi connectivity index (χ0) is 14.8. The molecule has 0 unspecified atom stereocenters. The summed E-state index contributed by atoms with van der Waals surface area (Å²) in [5.74, 6) is 0.337. The van der Waals surface area contributed by atoms with E-state index in [1.165, 1.54) is 12.1 Å². The number of hydrogen-bond donors (Lipinski definition) is 1. The van der Waals surface area contributed by atoms with Crippen molar-refractivity contribution in [1.82, 2.24) is 4.98 Å². The Kier molecular flexibility index (Phi) is 3.41. The van der Waals surface area contributed by atoms with Crippen molar-refractivity contribution < 1.29 is 4.92 Å². The lowest BCUT2D eigenvalue weighted by Crippen LogP contribution is -1.96. The average Bonchev–Trinajstić information content (AvgIpc) is 2.46. The van der Waals surface area contributed by atoms with E-state index in [0.29, 0.717) is 5.82 Å². The van der Waals surface area contributed by atoms with Crippen molar-refractivity contribution >= 4 is 39.6 Å². The highest BCUT2D eigenvalue weighted by molar-refractivity contribution is 6.29. The van der Waals surface area contributed by atoms with E-state index in [1.54, 1.807) is 0 Å². The van der Waals surface area contributed by atoms with E-state index in [9.17, 15) is 10.1 Å². The Hall–Kier alpha value is -2.66. The number of rotatable bonds is 3. The first-order valence-corrected chi connectivity index (χ1v) is 6.57. The number of benzene rings is 2. The number of anilines is 2.